The fraction of sp³-hybridized carbons (Fsp3) is 0.727. The summed E-state index contributed by atoms with van der Waals surface area (Å²) in [4.78, 5) is 0. The zero-order chi connectivity index (χ0) is 16.0. The second-order valence-electron chi connectivity index (χ2n) is 4.28. The van der Waals surface area contributed by atoms with Crippen molar-refractivity contribution >= 4 is 11.6 Å². The minimum Gasteiger partial charge on any atom is -0.383 e. The molecule has 0 aromatic carbocycles. The maximum absolute atomic E-state index is 12.7. The zero-order valence-electron chi connectivity index (χ0n) is 11.2. The van der Waals surface area contributed by atoms with E-state index in [0.29, 0.717) is 18.8 Å². The smallest absolute Gasteiger partial charge is 0.330 e. The molecular weight excluding hydrogens is 318 g/mol. The Morgan fingerprint density at radius 1 is 1.48 bits per heavy atom. The molecule has 1 heterocycles. The molecule has 1 rings (SSSR count). The number of halogens is 5. The Hall–Kier alpha value is -0.900. The van der Waals surface area contributed by atoms with Crippen molar-refractivity contribution in [3.63, 3.8) is 0 Å². The van der Waals surface area contributed by atoms with Gasteiger partial charge in [0.2, 0.25) is 0 Å². The lowest BCUT2D eigenvalue weighted by molar-refractivity contribution is -0.166. The molecule has 10 heteroatoms. The second kappa shape index (κ2) is 7.92. The number of hydrogen-bond acceptors (Lipinski definition) is 4. The van der Waals surface area contributed by atoms with Crippen LogP contribution in [-0.2, 0) is 16.0 Å². The molecule has 1 aromatic rings. The molecule has 0 fully saturated rings. The Morgan fingerprint density at radius 3 is 2.71 bits per heavy atom. The lowest BCUT2D eigenvalue weighted by Gasteiger charge is -2.18. The summed E-state index contributed by atoms with van der Waals surface area (Å²) in [6.45, 7) is -1.09. The predicted octanol–water partition coefficient (Wildman–Crippen LogP) is 2.10. The Kier molecular flexibility index (Phi) is 6.85. The van der Waals surface area contributed by atoms with Crippen LogP contribution in [0.3, 0.4) is 0 Å². The van der Waals surface area contributed by atoms with Gasteiger partial charge < -0.3 is 15.2 Å². The molecule has 0 amide bonds. The van der Waals surface area contributed by atoms with E-state index in [4.69, 9.17) is 22.1 Å². The summed E-state index contributed by atoms with van der Waals surface area (Å²) in [5.74, 6) is -4.21. The molecular formula is C11H16ClF4N3O2. The Bertz CT molecular complexity index is 445. The second-order valence-corrected chi connectivity index (χ2v) is 4.68. The van der Waals surface area contributed by atoms with Gasteiger partial charge in [-0.25, -0.2) is 8.78 Å². The summed E-state index contributed by atoms with van der Waals surface area (Å²) in [5, 5.41) is 4.20. The first-order chi connectivity index (χ1) is 9.79. The molecule has 0 aliphatic carbocycles. The molecule has 122 valence electrons. The van der Waals surface area contributed by atoms with E-state index < -0.39 is 25.0 Å². The van der Waals surface area contributed by atoms with Gasteiger partial charge >= 0.3 is 12.3 Å². The van der Waals surface area contributed by atoms with Gasteiger partial charge in [0, 0.05) is 7.11 Å². The standard InChI is InChI=1S/C11H16ClF4N3O2/c1-20-3-2-19-9(7(12)4-18-19)8(17)5-21-6-11(15,16)10(13)14/h4,8,10H,2-3,5-6,17H2,1H3. The van der Waals surface area contributed by atoms with Crippen LogP contribution >= 0.6 is 11.6 Å². The minimum absolute atomic E-state index is 0.239. The average molecular weight is 334 g/mol. The number of nitrogens with zero attached hydrogens (tertiary/aromatic N) is 2. The van der Waals surface area contributed by atoms with Crippen LogP contribution in [0.1, 0.15) is 11.7 Å². The number of nitrogens with two attached hydrogens (primary N) is 1. The SMILES string of the molecule is COCCn1ncc(Cl)c1C(N)COCC(F)(F)C(F)F. The van der Waals surface area contributed by atoms with Gasteiger partial charge in [0.1, 0.15) is 6.61 Å². The van der Waals surface area contributed by atoms with Crippen LogP contribution < -0.4 is 5.73 Å². The van der Waals surface area contributed by atoms with Gasteiger partial charge in [-0.2, -0.15) is 13.9 Å². The van der Waals surface area contributed by atoms with Gasteiger partial charge in [-0.3, -0.25) is 4.68 Å². The third-order valence-corrected chi connectivity index (χ3v) is 2.89. The van der Waals surface area contributed by atoms with Crippen LogP contribution in [0.5, 0.6) is 0 Å². The van der Waals surface area contributed by atoms with Crippen molar-refractivity contribution in [1.82, 2.24) is 9.78 Å². The molecule has 1 unspecified atom stereocenters. The van der Waals surface area contributed by atoms with Gasteiger partial charge in [-0.1, -0.05) is 11.6 Å². The minimum atomic E-state index is -4.21. The molecule has 0 aliphatic rings. The van der Waals surface area contributed by atoms with Gasteiger partial charge in [-0.15, -0.1) is 0 Å². The number of methoxy groups -OCH3 is 1. The molecule has 5 nitrogen and oxygen atoms in total. The quantitative estimate of drug-likeness (QED) is 0.703. The van der Waals surface area contributed by atoms with E-state index in [9.17, 15) is 17.6 Å². The maximum atomic E-state index is 12.7. The first-order valence-corrected chi connectivity index (χ1v) is 6.36. The molecule has 0 bridgehead atoms. The normalized spacial score (nSPS) is 13.9. The van der Waals surface area contributed by atoms with Crippen molar-refractivity contribution < 1.29 is 27.0 Å². The van der Waals surface area contributed by atoms with Crippen molar-refractivity contribution in [3.05, 3.63) is 16.9 Å². The van der Waals surface area contributed by atoms with Crippen molar-refractivity contribution in [1.29, 1.82) is 0 Å². The summed E-state index contributed by atoms with van der Waals surface area (Å²) in [6.07, 6.45) is -2.44. The Morgan fingerprint density at radius 2 is 2.14 bits per heavy atom. The van der Waals surface area contributed by atoms with Crippen molar-refractivity contribution in [2.24, 2.45) is 5.73 Å². The first kappa shape index (κ1) is 18.1. The molecule has 1 atom stereocenters. The number of alkyl halides is 4. The molecule has 2 N–H and O–H groups in total. The molecule has 1 aromatic heterocycles. The Balaban J connectivity index is 2.59. The van der Waals surface area contributed by atoms with Crippen LogP contribution in [-0.4, -0.2) is 49.1 Å². The highest BCUT2D eigenvalue weighted by molar-refractivity contribution is 6.31. The van der Waals surface area contributed by atoms with Crippen molar-refractivity contribution in [3.8, 4) is 0 Å². The molecule has 21 heavy (non-hydrogen) atoms. The summed E-state index contributed by atoms with van der Waals surface area (Å²) in [5.41, 5.74) is 6.14. The Labute approximate surface area is 123 Å². The molecule has 0 aliphatic heterocycles. The number of rotatable bonds is 9. The molecule has 0 radical (unpaired) electrons. The van der Waals surface area contributed by atoms with E-state index in [2.05, 4.69) is 9.84 Å². The van der Waals surface area contributed by atoms with E-state index in [1.165, 1.54) is 18.0 Å². The van der Waals surface area contributed by atoms with E-state index in [1.54, 1.807) is 0 Å². The highest BCUT2D eigenvalue weighted by Gasteiger charge is 2.41. The lowest BCUT2D eigenvalue weighted by atomic mass is 10.2. The van der Waals surface area contributed by atoms with Gasteiger partial charge in [-0.05, 0) is 0 Å². The van der Waals surface area contributed by atoms with Crippen LogP contribution in [0.4, 0.5) is 17.6 Å². The summed E-state index contributed by atoms with van der Waals surface area (Å²) >= 11 is 5.91. The summed E-state index contributed by atoms with van der Waals surface area (Å²) in [6, 6.07) is -0.870. The fourth-order valence-electron chi connectivity index (χ4n) is 1.56. The van der Waals surface area contributed by atoms with Crippen molar-refractivity contribution in [2.75, 3.05) is 26.9 Å². The van der Waals surface area contributed by atoms with Crippen LogP contribution in [0.15, 0.2) is 6.20 Å². The molecule has 0 saturated carbocycles. The summed E-state index contributed by atoms with van der Waals surface area (Å²) < 4.78 is 60.2. The lowest BCUT2D eigenvalue weighted by Crippen LogP contribution is -2.34. The van der Waals surface area contributed by atoms with Crippen LogP contribution in [0.2, 0.25) is 5.02 Å². The van der Waals surface area contributed by atoms with Crippen LogP contribution in [0.25, 0.3) is 0 Å². The monoisotopic (exact) mass is 333 g/mol. The third-order valence-electron chi connectivity index (χ3n) is 2.60. The number of ether oxygens (including phenoxy) is 2. The average Bonchev–Trinajstić information content (AvgIpc) is 2.77. The van der Waals surface area contributed by atoms with Gasteiger partial charge in [0.25, 0.3) is 0 Å². The van der Waals surface area contributed by atoms with E-state index in [-0.39, 0.29) is 11.6 Å². The van der Waals surface area contributed by atoms with Crippen molar-refractivity contribution in [2.45, 2.75) is 24.9 Å². The largest absolute Gasteiger partial charge is 0.383 e. The highest BCUT2D eigenvalue weighted by Crippen LogP contribution is 2.25. The first-order valence-electron chi connectivity index (χ1n) is 5.99. The zero-order valence-corrected chi connectivity index (χ0v) is 12.0. The van der Waals surface area contributed by atoms with E-state index in [0.717, 1.165) is 0 Å². The van der Waals surface area contributed by atoms with Gasteiger partial charge in [0.15, 0.2) is 0 Å². The third kappa shape index (κ3) is 5.10. The van der Waals surface area contributed by atoms with E-state index >= 15 is 0 Å². The molecule has 0 saturated heterocycles. The number of hydrogen-bond donors (Lipinski definition) is 1. The fourth-order valence-corrected chi connectivity index (χ4v) is 1.84. The topological polar surface area (TPSA) is 62.3 Å². The van der Waals surface area contributed by atoms with Gasteiger partial charge in [0.05, 0.1) is 42.7 Å². The number of aromatic nitrogens is 2. The molecule has 0 spiro atoms. The van der Waals surface area contributed by atoms with Crippen LogP contribution in [0, 0.1) is 0 Å². The maximum Gasteiger partial charge on any atom is 0.330 e. The predicted molar refractivity (Wildman–Crippen MR) is 67.8 cm³/mol. The van der Waals surface area contributed by atoms with E-state index in [1.807, 2.05) is 0 Å². The summed E-state index contributed by atoms with van der Waals surface area (Å²) in [7, 11) is 1.50. The highest BCUT2D eigenvalue weighted by atomic mass is 35.5.